The molecule has 5 aromatic rings. The Morgan fingerprint density at radius 1 is 1.00 bits per heavy atom. The highest BCUT2D eigenvalue weighted by molar-refractivity contribution is 9.10. The summed E-state index contributed by atoms with van der Waals surface area (Å²) in [5.74, 6) is 1.00. The van der Waals surface area contributed by atoms with Crippen molar-refractivity contribution >= 4 is 49.3 Å². The fourth-order valence-corrected chi connectivity index (χ4v) is 5.33. The van der Waals surface area contributed by atoms with Crippen LogP contribution in [0.3, 0.4) is 0 Å². The molecule has 210 valence electrons. The number of benzene rings is 4. The van der Waals surface area contributed by atoms with Crippen LogP contribution in [-0.4, -0.2) is 36.2 Å². The number of rotatable bonds is 3. The molecular formula is C33H32BrN3O4. The van der Waals surface area contributed by atoms with Gasteiger partial charge in [-0.1, -0.05) is 34.1 Å². The van der Waals surface area contributed by atoms with Crippen LogP contribution in [0.5, 0.6) is 11.5 Å². The SMILES string of the molecule is CN1CCOc2ccc(C(C)(C)NC(=O)c3ccc4c(=O)c5ccccc5[nH]c4c3)cc21.Cc1cc(Br)ccc1O. The van der Waals surface area contributed by atoms with Crippen molar-refractivity contribution in [2.75, 3.05) is 25.1 Å². The number of likely N-dealkylation sites (N-methyl/N-ethyl adjacent to an activating group) is 1. The number of carbonyl (C=O) groups is 1. The van der Waals surface area contributed by atoms with Crippen molar-refractivity contribution in [3.05, 3.63) is 110 Å². The van der Waals surface area contributed by atoms with Crippen molar-refractivity contribution in [3.63, 3.8) is 0 Å². The molecule has 6 rings (SSSR count). The molecule has 0 aliphatic carbocycles. The van der Waals surface area contributed by atoms with Crippen LogP contribution in [-0.2, 0) is 5.54 Å². The summed E-state index contributed by atoms with van der Waals surface area (Å²) in [5.41, 5.74) is 4.15. The predicted molar refractivity (Wildman–Crippen MR) is 168 cm³/mol. The first kappa shape index (κ1) is 28.2. The number of amides is 1. The predicted octanol–water partition coefficient (Wildman–Crippen LogP) is 6.64. The number of phenolic OH excluding ortho intramolecular Hbond substituents is 1. The number of phenols is 1. The standard InChI is InChI=1S/C26H25N3O3.C7H7BrO/c1-26(2,17-9-11-23-22(15-17)29(3)12-13-32-23)28-25(31)16-8-10-19-21(14-16)27-20-7-5-4-6-18(20)24(19)30;1-5-4-6(8)2-3-7(5)9/h4-11,14-15H,12-13H2,1-3H3,(H,27,30)(H,28,31);2-4,9H,1H3. The summed E-state index contributed by atoms with van der Waals surface area (Å²) in [6.07, 6.45) is 0. The number of anilines is 1. The molecule has 0 spiro atoms. The molecule has 8 heteroatoms. The number of nitrogens with zero attached hydrogens (tertiary/aromatic N) is 1. The van der Waals surface area contributed by atoms with Gasteiger partial charge in [-0.25, -0.2) is 0 Å². The molecule has 41 heavy (non-hydrogen) atoms. The number of aryl methyl sites for hydroxylation is 1. The maximum Gasteiger partial charge on any atom is 0.252 e. The van der Waals surface area contributed by atoms with Crippen molar-refractivity contribution in [2.24, 2.45) is 0 Å². The van der Waals surface area contributed by atoms with E-state index >= 15 is 0 Å². The monoisotopic (exact) mass is 613 g/mol. The smallest absolute Gasteiger partial charge is 0.252 e. The number of pyridine rings is 1. The van der Waals surface area contributed by atoms with Gasteiger partial charge in [0.25, 0.3) is 5.91 Å². The van der Waals surface area contributed by atoms with E-state index in [2.05, 4.69) is 37.2 Å². The second-order valence-electron chi connectivity index (χ2n) is 10.7. The van der Waals surface area contributed by atoms with Crippen LogP contribution >= 0.6 is 15.9 Å². The van der Waals surface area contributed by atoms with Crippen molar-refractivity contribution in [1.82, 2.24) is 10.3 Å². The van der Waals surface area contributed by atoms with Crippen LogP contribution in [0, 0.1) is 6.92 Å². The average molecular weight is 615 g/mol. The zero-order valence-electron chi connectivity index (χ0n) is 23.4. The Labute approximate surface area is 246 Å². The van der Waals surface area contributed by atoms with Gasteiger partial charge in [0.05, 0.1) is 23.3 Å². The second kappa shape index (κ2) is 11.3. The Hall–Kier alpha value is -4.30. The second-order valence-corrected chi connectivity index (χ2v) is 11.6. The number of hydrogen-bond donors (Lipinski definition) is 3. The Bertz CT molecular complexity index is 1830. The van der Waals surface area contributed by atoms with Crippen LogP contribution in [0.15, 0.2) is 88.1 Å². The average Bonchev–Trinajstić information content (AvgIpc) is 2.95. The lowest BCUT2D eigenvalue weighted by Gasteiger charge is -2.32. The van der Waals surface area contributed by atoms with Crippen LogP contribution in [0.2, 0.25) is 0 Å². The minimum atomic E-state index is -0.601. The van der Waals surface area contributed by atoms with E-state index in [0.29, 0.717) is 34.2 Å². The molecule has 1 aromatic heterocycles. The molecule has 0 radical (unpaired) electrons. The number of carbonyl (C=O) groups excluding carboxylic acids is 1. The van der Waals surface area contributed by atoms with E-state index in [1.807, 2.05) is 70.3 Å². The number of halogens is 1. The van der Waals surface area contributed by atoms with Gasteiger partial charge < -0.3 is 25.0 Å². The van der Waals surface area contributed by atoms with Gasteiger partial charge in [0, 0.05) is 33.4 Å². The molecule has 0 bridgehead atoms. The number of fused-ring (bicyclic) bond motifs is 3. The van der Waals surface area contributed by atoms with Crippen LogP contribution in [0.4, 0.5) is 5.69 Å². The fraction of sp³-hybridized carbons (Fsp3) is 0.212. The molecule has 0 fully saturated rings. The topological polar surface area (TPSA) is 94.7 Å². The van der Waals surface area contributed by atoms with Gasteiger partial charge >= 0.3 is 0 Å². The van der Waals surface area contributed by atoms with Crippen molar-refractivity contribution in [1.29, 1.82) is 0 Å². The number of hydrogen-bond acceptors (Lipinski definition) is 5. The molecule has 4 aromatic carbocycles. The lowest BCUT2D eigenvalue weighted by Crippen LogP contribution is -2.41. The lowest BCUT2D eigenvalue weighted by atomic mass is 9.92. The van der Waals surface area contributed by atoms with E-state index in [-0.39, 0.29) is 11.3 Å². The molecule has 0 atom stereocenters. The summed E-state index contributed by atoms with van der Waals surface area (Å²) in [4.78, 5) is 31.4. The summed E-state index contributed by atoms with van der Waals surface area (Å²) in [7, 11) is 2.04. The highest BCUT2D eigenvalue weighted by atomic mass is 79.9. The van der Waals surface area contributed by atoms with Gasteiger partial charge in [-0.05, 0) is 92.6 Å². The summed E-state index contributed by atoms with van der Waals surface area (Å²) in [6, 6.07) is 23.9. The molecule has 1 aliphatic rings. The van der Waals surface area contributed by atoms with Crippen molar-refractivity contribution < 1.29 is 14.6 Å². The Balaban J connectivity index is 0.000000321. The number of aromatic nitrogens is 1. The van der Waals surface area contributed by atoms with E-state index in [4.69, 9.17) is 9.84 Å². The Morgan fingerprint density at radius 2 is 1.76 bits per heavy atom. The minimum Gasteiger partial charge on any atom is -0.508 e. The van der Waals surface area contributed by atoms with Crippen LogP contribution in [0.25, 0.3) is 21.8 Å². The van der Waals surface area contributed by atoms with Crippen molar-refractivity contribution in [2.45, 2.75) is 26.3 Å². The first-order valence-corrected chi connectivity index (χ1v) is 14.1. The molecule has 0 saturated carbocycles. The molecule has 3 N–H and O–H groups in total. The zero-order chi connectivity index (χ0) is 29.3. The normalized spacial score (nSPS) is 12.8. The Kier molecular flexibility index (Phi) is 7.78. The summed E-state index contributed by atoms with van der Waals surface area (Å²) in [5, 5.41) is 13.4. The highest BCUT2D eigenvalue weighted by Gasteiger charge is 2.26. The first-order chi connectivity index (χ1) is 19.5. The third kappa shape index (κ3) is 5.93. The minimum absolute atomic E-state index is 0.0398. The van der Waals surface area contributed by atoms with Gasteiger partial charge in [0.15, 0.2) is 5.43 Å². The van der Waals surface area contributed by atoms with E-state index in [1.54, 1.807) is 30.3 Å². The summed E-state index contributed by atoms with van der Waals surface area (Å²) in [6.45, 7) is 7.31. The van der Waals surface area contributed by atoms with Crippen LogP contribution in [0.1, 0.15) is 35.3 Å². The van der Waals surface area contributed by atoms with E-state index in [9.17, 15) is 9.59 Å². The maximum atomic E-state index is 13.1. The molecule has 7 nitrogen and oxygen atoms in total. The third-order valence-electron chi connectivity index (χ3n) is 7.33. The Morgan fingerprint density at radius 3 is 2.51 bits per heavy atom. The fourth-order valence-electron chi connectivity index (χ4n) is 4.85. The van der Waals surface area contributed by atoms with Gasteiger partial charge in [0.2, 0.25) is 0 Å². The highest BCUT2D eigenvalue weighted by Crippen LogP contribution is 2.35. The van der Waals surface area contributed by atoms with Crippen molar-refractivity contribution in [3.8, 4) is 11.5 Å². The van der Waals surface area contributed by atoms with E-state index in [0.717, 1.165) is 39.1 Å². The zero-order valence-corrected chi connectivity index (χ0v) is 25.0. The lowest BCUT2D eigenvalue weighted by molar-refractivity contribution is 0.0912. The largest absolute Gasteiger partial charge is 0.508 e. The van der Waals surface area contributed by atoms with Gasteiger partial charge in [-0.15, -0.1) is 0 Å². The van der Waals surface area contributed by atoms with Gasteiger partial charge in [-0.2, -0.15) is 0 Å². The van der Waals surface area contributed by atoms with Crippen LogP contribution < -0.4 is 20.4 Å². The summed E-state index contributed by atoms with van der Waals surface area (Å²) >= 11 is 3.29. The molecule has 1 amide bonds. The number of ether oxygens (including phenoxy) is 1. The number of para-hydroxylation sites is 1. The third-order valence-corrected chi connectivity index (χ3v) is 7.82. The molecule has 1 aliphatic heterocycles. The number of aromatic hydroxyl groups is 1. The molecule has 2 heterocycles. The number of aromatic amines is 1. The summed E-state index contributed by atoms with van der Waals surface area (Å²) < 4.78 is 6.73. The molecular weight excluding hydrogens is 582 g/mol. The maximum absolute atomic E-state index is 13.1. The van der Waals surface area contributed by atoms with Gasteiger partial charge in [-0.3, -0.25) is 9.59 Å². The van der Waals surface area contributed by atoms with E-state index < -0.39 is 5.54 Å². The quantitative estimate of drug-likeness (QED) is 0.198. The van der Waals surface area contributed by atoms with Gasteiger partial charge in [0.1, 0.15) is 18.1 Å². The van der Waals surface area contributed by atoms with E-state index in [1.165, 1.54) is 0 Å². The number of nitrogens with one attached hydrogen (secondary N) is 2. The molecule has 0 unspecified atom stereocenters. The molecule has 0 saturated heterocycles. The first-order valence-electron chi connectivity index (χ1n) is 13.3. The number of H-pyrrole nitrogens is 1.